The van der Waals surface area contributed by atoms with Crippen LogP contribution in [0.15, 0.2) is 36.4 Å². The molecule has 2 aromatic carbocycles. The number of nitrogens with zero attached hydrogens (tertiary/aromatic N) is 1. The van der Waals surface area contributed by atoms with Crippen molar-refractivity contribution in [3.05, 3.63) is 63.7 Å². The molecule has 0 radical (unpaired) electrons. The van der Waals surface area contributed by atoms with Gasteiger partial charge in [0.1, 0.15) is 17.7 Å². The molecule has 0 aliphatic carbocycles. The second-order valence-electron chi connectivity index (χ2n) is 10.1. The minimum absolute atomic E-state index is 0.311. The summed E-state index contributed by atoms with van der Waals surface area (Å²) >= 11 is 6.38. The van der Waals surface area contributed by atoms with Crippen LogP contribution in [0.3, 0.4) is 0 Å². The van der Waals surface area contributed by atoms with Gasteiger partial charge < -0.3 is 20.3 Å². The average Bonchev–Trinajstić information content (AvgIpc) is 2.76. The SMILES string of the molecule is CCCN(C(=O)C(C)NC(=O)OC(C)(C)C)C(C(=O)Nc1c(C)cccc1Cl)c1ccc(C)c(C)c1. The molecule has 2 rings (SSSR count). The van der Waals surface area contributed by atoms with Gasteiger partial charge in [0.2, 0.25) is 5.91 Å². The Morgan fingerprint density at radius 3 is 2.25 bits per heavy atom. The number of carbonyl (C=O) groups is 3. The first-order valence-corrected chi connectivity index (χ1v) is 12.6. The zero-order valence-electron chi connectivity index (χ0n) is 22.5. The van der Waals surface area contributed by atoms with Crippen molar-refractivity contribution >= 4 is 35.2 Å². The molecule has 2 atom stereocenters. The molecule has 8 heteroatoms. The van der Waals surface area contributed by atoms with Crippen LogP contribution in [0.25, 0.3) is 0 Å². The number of alkyl carbamates (subject to hydrolysis) is 1. The van der Waals surface area contributed by atoms with Crippen molar-refractivity contribution in [2.75, 3.05) is 11.9 Å². The number of hydrogen-bond donors (Lipinski definition) is 2. The molecule has 36 heavy (non-hydrogen) atoms. The third kappa shape index (κ3) is 7.72. The Labute approximate surface area is 219 Å². The van der Waals surface area contributed by atoms with E-state index in [1.807, 2.05) is 58.0 Å². The number of ether oxygens (including phenoxy) is 1. The van der Waals surface area contributed by atoms with Crippen LogP contribution >= 0.6 is 11.6 Å². The molecular formula is C28H38ClN3O4. The Morgan fingerprint density at radius 1 is 1.03 bits per heavy atom. The van der Waals surface area contributed by atoms with Crippen molar-refractivity contribution in [2.24, 2.45) is 0 Å². The van der Waals surface area contributed by atoms with Crippen LogP contribution in [-0.2, 0) is 14.3 Å². The fraction of sp³-hybridized carbons (Fsp3) is 0.464. The standard InChI is InChI=1S/C28H38ClN3O4/c1-9-15-32(26(34)20(5)30-27(35)36-28(6,7)8)24(21-14-13-17(2)19(4)16-21)25(33)31-23-18(3)11-10-12-22(23)29/h10-14,16,20,24H,9,15H2,1-8H3,(H,30,35)(H,31,33). The predicted molar refractivity (Wildman–Crippen MR) is 144 cm³/mol. The van der Waals surface area contributed by atoms with E-state index in [4.69, 9.17) is 16.3 Å². The third-order valence-corrected chi connectivity index (χ3v) is 6.04. The van der Waals surface area contributed by atoms with E-state index < -0.39 is 29.7 Å². The maximum absolute atomic E-state index is 13.8. The molecule has 0 bridgehead atoms. The minimum Gasteiger partial charge on any atom is -0.444 e. The summed E-state index contributed by atoms with van der Waals surface area (Å²) in [6, 6.07) is 9.24. The highest BCUT2D eigenvalue weighted by Crippen LogP contribution is 2.30. The number of aryl methyl sites for hydroxylation is 3. The van der Waals surface area contributed by atoms with E-state index in [0.29, 0.717) is 29.2 Å². The van der Waals surface area contributed by atoms with Gasteiger partial charge >= 0.3 is 6.09 Å². The van der Waals surface area contributed by atoms with Gasteiger partial charge in [0, 0.05) is 6.54 Å². The molecule has 2 unspecified atom stereocenters. The zero-order valence-corrected chi connectivity index (χ0v) is 23.2. The molecule has 0 aliphatic rings. The Hall–Kier alpha value is -3.06. The lowest BCUT2D eigenvalue weighted by Gasteiger charge is -2.34. The Morgan fingerprint density at radius 2 is 1.69 bits per heavy atom. The Bertz CT molecular complexity index is 1090. The van der Waals surface area contributed by atoms with Crippen LogP contribution in [0.2, 0.25) is 5.02 Å². The molecule has 7 nitrogen and oxygen atoms in total. The second kappa shape index (κ2) is 12.3. The zero-order chi connectivity index (χ0) is 27.2. The van der Waals surface area contributed by atoms with Crippen molar-refractivity contribution in [1.82, 2.24) is 10.2 Å². The highest BCUT2D eigenvalue weighted by Gasteiger charge is 2.35. The minimum atomic E-state index is -0.935. The highest BCUT2D eigenvalue weighted by molar-refractivity contribution is 6.34. The average molecular weight is 516 g/mol. The lowest BCUT2D eigenvalue weighted by molar-refractivity contribution is -0.140. The van der Waals surface area contributed by atoms with E-state index >= 15 is 0 Å². The van der Waals surface area contributed by atoms with E-state index in [1.165, 1.54) is 4.90 Å². The van der Waals surface area contributed by atoms with Crippen molar-refractivity contribution in [3.63, 3.8) is 0 Å². The first-order valence-electron chi connectivity index (χ1n) is 12.2. The quantitative estimate of drug-likeness (QED) is 0.445. The summed E-state index contributed by atoms with van der Waals surface area (Å²) in [6.07, 6.45) is -0.0800. The molecule has 0 spiro atoms. The van der Waals surface area contributed by atoms with Gasteiger partial charge in [-0.2, -0.15) is 0 Å². The smallest absolute Gasteiger partial charge is 0.408 e. The molecule has 2 aromatic rings. The molecular weight excluding hydrogens is 478 g/mol. The maximum atomic E-state index is 13.8. The third-order valence-electron chi connectivity index (χ3n) is 5.73. The van der Waals surface area contributed by atoms with Gasteiger partial charge in [0.25, 0.3) is 5.91 Å². The monoisotopic (exact) mass is 515 g/mol. The Balaban J connectivity index is 2.47. The number of benzene rings is 2. The first-order chi connectivity index (χ1) is 16.7. The Kier molecular flexibility index (Phi) is 9.93. The lowest BCUT2D eigenvalue weighted by atomic mass is 9.98. The molecule has 0 saturated carbocycles. The van der Waals surface area contributed by atoms with Crippen LogP contribution in [0.5, 0.6) is 0 Å². The van der Waals surface area contributed by atoms with E-state index in [0.717, 1.165) is 16.7 Å². The molecule has 2 N–H and O–H groups in total. The number of nitrogens with one attached hydrogen (secondary N) is 2. The van der Waals surface area contributed by atoms with Crippen LogP contribution in [0.1, 0.15) is 69.3 Å². The van der Waals surface area contributed by atoms with Crippen molar-refractivity contribution < 1.29 is 19.1 Å². The molecule has 0 fully saturated rings. The van der Waals surface area contributed by atoms with E-state index in [2.05, 4.69) is 10.6 Å². The largest absolute Gasteiger partial charge is 0.444 e. The van der Waals surface area contributed by atoms with E-state index in [-0.39, 0.29) is 5.91 Å². The van der Waals surface area contributed by atoms with Crippen LogP contribution in [0, 0.1) is 20.8 Å². The van der Waals surface area contributed by atoms with Gasteiger partial charge in [-0.1, -0.05) is 48.9 Å². The van der Waals surface area contributed by atoms with Gasteiger partial charge in [0.05, 0.1) is 10.7 Å². The normalized spacial score (nSPS) is 12.9. The van der Waals surface area contributed by atoms with Crippen LogP contribution < -0.4 is 10.6 Å². The number of anilines is 1. The van der Waals surface area contributed by atoms with Crippen molar-refractivity contribution in [3.8, 4) is 0 Å². The predicted octanol–water partition coefficient (Wildman–Crippen LogP) is 6.10. The molecule has 196 valence electrons. The van der Waals surface area contributed by atoms with E-state index in [1.54, 1.807) is 33.8 Å². The number of amides is 3. The van der Waals surface area contributed by atoms with Crippen molar-refractivity contribution in [1.29, 1.82) is 0 Å². The number of hydrogen-bond acceptors (Lipinski definition) is 4. The molecule has 0 saturated heterocycles. The summed E-state index contributed by atoms with van der Waals surface area (Å²) in [6.45, 7) is 14.9. The highest BCUT2D eigenvalue weighted by atomic mass is 35.5. The molecule has 0 heterocycles. The van der Waals surface area contributed by atoms with Gasteiger partial charge in [-0.15, -0.1) is 0 Å². The van der Waals surface area contributed by atoms with Crippen LogP contribution in [0.4, 0.5) is 10.5 Å². The van der Waals surface area contributed by atoms with E-state index in [9.17, 15) is 14.4 Å². The lowest BCUT2D eigenvalue weighted by Crippen LogP contribution is -2.51. The first kappa shape index (κ1) is 29.2. The maximum Gasteiger partial charge on any atom is 0.408 e. The second-order valence-corrected chi connectivity index (χ2v) is 10.5. The molecule has 3 amide bonds. The number of halogens is 1. The number of carbonyl (C=O) groups excluding carboxylic acids is 3. The van der Waals surface area contributed by atoms with Gasteiger partial charge in [-0.25, -0.2) is 4.79 Å². The summed E-state index contributed by atoms with van der Waals surface area (Å²) in [7, 11) is 0. The summed E-state index contributed by atoms with van der Waals surface area (Å²) in [5.41, 5.74) is 3.36. The van der Waals surface area contributed by atoms with Gasteiger partial charge in [-0.3, -0.25) is 9.59 Å². The van der Waals surface area contributed by atoms with Crippen LogP contribution in [-0.4, -0.2) is 41.0 Å². The summed E-state index contributed by atoms with van der Waals surface area (Å²) in [5.74, 6) is -0.780. The topological polar surface area (TPSA) is 87.7 Å². The summed E-state index contributed by atoms with van der Waals surface area (Å²) < 4.78 is 5.31. The molecule has 0 aromatic heterocycles. The van der Waals surface area contributed by atoms with Gasteiger partial charge in [0.15, 0.2) is 0 Å². The molecule has 0 aliphatic heterocycles. The van der Waals surface area contributed by atoms with Gasteiger partial charge in [-0.05, 0) is 83.2 Å². The fourth-order valence-corrected chi connectivity index (χ4v) is 4.06. The number of para-hydroxylation sites is 1. The number of rotatable bonds is 8. The van der Waals surface area contributed by atoms with Crippen molar-refractivity contribution in [2.45, 2.75) is 79.5 Å². The summed E-state index contributed by atoms with van der Waals surface area (Å²) in [5, 5.41) is 5.95. The fourth-order valence-electron chi connectivity index (χ4n) is 3.79. The summed E-state index contributed by atoms with van der Waals surface area (Å²) in [4.78, 5) is 41.3.